The average Bonchev–Trinajstić information content (AvgIpc) is 2.75. The lowest BCUT2D eigenvalue weighted by Gasteiger charge is -2.09. The molecule has 30 heavy (non-hydrogen) atoms. The highest BCUT2D eigenvalue weighted by atomic mass is 16.5. The molecule has 0 aliphatic carbocycles. The lowest BCUT2D eigenvalue weighted by atomic mass is 10.0. The molecule has 0 saturated heterocycles. The summed E-state index contributed by atoms with van der Waals surface area (Å²) in [6.07, 6.45) is 5.96. The zero-order chi connectivity index (χ0) is 21.9. The second-order valence-corrected chi connectivity index (χ2v) is 6.11. The number of rotatable bonds is 9. The summed E-state index contributed by atoms with van der Waals surface area (Å²) in [5.74, 6) is 0.162. The third-order valence-corrected chi connectivity index (χ3v) is 3.75. The van der Waals surface area contributed by atoms with Crippen LogP contribution < -0.4 is 9.47 Å². The van der Waals surface area contributed by atoms with Crippen LogP contribution in [0.4, 0.5) is 0 Å². The van der Waals surface area contributed by atoms with E-state index in [4.69, 9.17) is 14.2 Å². The largest absolute Gasteiger partial charge is 0.462 e. The number of benzene rings is 2. The second-order valence-electron chi connectivity index (χ2n) is 6.11. The van der Waals surface area contributed by atoms with Crippen molar-refractivity contribution in [3.63, 3.8) is 0 Å². The van der Waals surface area contributed by atoms with E-state index >= 15 is 0 Å². The van der Waals surface area contributed by atoms with Crippen LogP contribution in [-0.4, -0.2) is 11.9 Å². The van der Waals surface area contributed by atoms with E-state index in [1.54, 1.807) is 19.1 Å². The Labute approximate surface area is 175 Å². The first kappa shape index (κ1) is 22.2. The van der Waals surface area contributed by atoms with Crippen molar-refractivity contribution in [2.24, 2.45) is 0 Å². The van der Waals surface area contributed by atoms with Crippen LogP contribution in [0.2, 0.25) is 0 Å². The molecule has 0 N–H and O–H groups in total. The predicted molar refractivity (Wildman–Crippen MR) is 113 cm³/mol. The number of hydrogen-bond donors (Lipinski definition) is 0. The zero-order valence-electron chi connectivity index (χ0n) is 16.8. The Bertz CT molecular complexity index is 983. The quantitative estimate of drug-likeness (QED) is 0.323. The number of hydrogen-bond acceptors (Lipinski definition) is 6. The van der Waals surface area contributed by atoms with Crippen LogP contribution in [0.15, 0.2) is 92.3 Å². The van der Waals surface area contributed by atoms with E-state index in [0.29, 0.717) is 17.1 Å². The maximum atomic E-state index is 11.3. The summed E-state index contributed by atoms with van der Waals surface area (Å²) in [5, 5.41) is 0. The van der Waals surface area contributed by atoms with E-state index in [1.807, 2.05) is 37.3 Å². The summed E-state index contributed by atoms with van der Waals surface area (Å²) in [6.45, 7) is 10.3. The summed E-state index contributed by atoms with van der Waals surface area (Å²) < 4.78 is 20.4. The SMILES string of the molecule is C=CC(=O)O/C=C\Oc1ccc(-c2ccc(O/C=C\OC(=O)C(=C)C)c(C)c2)cc1. The minimum atomic E-state index is -0.559. The van der Waals surface area contributed by atoms with Gasteiger partial charge in [-0.2, -0.15) is 0 Å². The molecule has 2 aromatic rings. The van der Waals surface area contributed by atoms with Crippen LogP contribution in [-0.2, 0) is 19.1 Å². The third kappa shape index (κ3) is 6.83. The molecule has 154 valence electrons. The minimum absolute atomic E-state index is 0.309. The Morgan fingerprint density at radius 2 is 1.50 bits per heavy atom. The van der Waals surface area contributed by atoms with Gasteiger partial charge in [-0.25, -0.2) is 9.59 Å². The maximum absolute atomic E-state index is 11.3. The molecule has 0 amide bonds. The molecule has 0 heterocycles. The van der Waals surface area contributed by atoms with Crippen molar-refractivity contribution >= 4 is 11.9 Å². The fourth-order valence-corrected chi connectivity index (χ4v) is 2.23. The molecule has 0 saturated carbocycles. The molecular weight excluding hydrogens is 384 g/mol. The number of carbonyl (C=O) groups is 2. The fraction of sp³-hybridized carbons (Fsp3) is 0.0833. The van der Waals surface area contributed by atoms with Crippen molar-refractivity contribution in [1.29, 1.82) is 0 Å². The smallest absolute Gasteiger partial charge is 0.338 e. The summed E-state index contributed by atoms with van der Waals surface area (Å²) >= 11 is 0. The Morgan fingerprint density at radius 3 is 2.13 bits per heavy atom. The zero-order valence-corrected chi connectivity index (χ0v) is 16.8. The Hall–Kier alpha value is -4.06. The molecule has 0 aromatic heterocycles. The molecular formula is C24H22O6. The molecule has 0 unspecified atom stereocenters. The van der Waals surface area contributed by atoms with Gasteiger partial charge in [0.2, 0.25) is 0 Å². The highest BCUT2D eigenvalue weighted by Gasteiger charge is 2.04. The average molecular weight is 406 g/mol. The van der Waals surface area contributed by atoms with Crippen molar-refractivity contribution in [3.05, 3.63) is 97.9 Å². The van der Waals surface area contributed by atoms with Crippen molar-refractivity contribution < 1.29 is 28.5 Å². The molecule has 0 aliphatic rings. The first-order valence-electron chi connectivity index (χ1n) is 8.94. The monoisotopic (exact) mass is 406 g/mol. The van der Waals surface area contributed by atoms with Gasteiger partial charge in [0, 0.05) is 11.6 Å². The lowest BCUT2D eigenvalue weighted by molar-refractivity contribution is -0.134. The number of esters is 2. The first-order valence-corrected chi connectivity index (χ1v) is 8.94. The van der Waals surface area contributed by atoms with Gasteiger partial charge in [0.1, 0.15) is 36.5 Å². The van der Waals surface area contributed by atoms with E-state index in [1.165, 1.54) is 18.8 Å². The highest BCUT2D eigenvalue weighted by Crippen LogP contribution is 2.27. The van der Waals surface area contributed by atoms with Gasteiger partial charge < -0.3 is 18.9 Å². The van der Waals surface area contributed by atoms with Gasteiger partial charge in [0.05, 0.1) is 0 Å². The fourth-order valence-electron chi connectivity index (χ4n) is 2.23. The van der Waals surface area contributed by atoms with Gasteiger partial charge >= 0.3 is 11.9 Å². The molecule has 0 aliphatic heterocycles. The molecule has 2 aromatic carbocycles. The topological polar surface area (TPSA) is 71.1 Å². The predicted octanol–water partition coefficient (Wildman–Crippen LogP) is 5.21. The van der Waals surface area contributed by atoms with Crippen LogP contribution in [0.25, 0.3) is 11.1 Å². The molecule has 2 rings (SSSR count). The van der Waals surface area contributed by atoms with E-state index in [0.717, 1.165) is 29.0 Å². The van der Waals surface area contributed by atoms with Crippen LogP contribution in [0.3, 0.4) is 0 Å². The number of ether oxygens (including phenoxy) is 4. The summed E-state index contributed by atoms with van der Waals surface area (Å²) in [5.41, 5.74) is 3.21. The van der Waals surface area contributed by atoms with Crippen LogP contribution in [0, 0.1) is 6.92 Å². The lowest BCUT2D eigenvalue weighted by Crippen LogP contribution is -1.99. The summed E-state index contributed by atoms with van der Waals surface area (Å²) in [4.78, 5) is 22.2. The van der Waals surface area contributed by atoms with Gasteiger partial charge in [-0.15, -0.1) is 0 Å². The normalized spacial score (nSPS) is 10.6. The van der Waals surface area contributed by atoms with Crippen LogP contribution in [0.1, 0.15) is 12.5 Å². The van der Waals surface area contributed by atoms with E-state index in [-0.39, 0.29) is 0 Å². The minimum Gasteiger partial charge on any atom is -0.462 e. The molecule has 0 bridgehead atoms. The molecule has 6 nitrogen and oxygen atoms in total. The van der Waals surface area contributed by atoms with Crippen LogP contribution >= 0.6 is 0 Å². The number of aryl methyl sites for hydroxylation is 1. The van der Waals surface area contributed by atoms with Crippen molar-refractivity contribution in [2.45, 2.75) is 13.8 Å². The Morgan fingerprint density at radius 1 is 0.867 bits per heavy atom. The molecule has 0 fully saturated rings. The van der Waals surface area contributed by atoms with Crippen molar-refractivity contribution in [1.82, 2.24) is 0 Å². The molecule has 6 heteroatoms. The number of carbonyl (C=O) groups excluding carboxylic acids is 2. The highest BCUT2D eigenvalue weighted by molar-refractivity contribution is 5.87. The van der Waals surface area contributed by atoms with E-state index < -0.39 is 11.9 Å². The van der Waals surface area contributed by atoms with Crippen LogP contribution in [0.5, 0.6) is 11.5 Å². The second kappa shape index (κ2) is 11.1. The standard InChI is InChI=1S/C24H22O6/c1-5-23(25)29-14-12-27-21-9-6-19(7-10-21)20-8-11-22(18(4)16-20)28-13-15-30-24(26)17(2)3/h5-16H,1-2H2,3-4H3/b14-12-,15-13-. The first-order chi connectivity index (χ1) is 14.4. The van der Waals surface area contributed by atoms with Gasteiger partial charge in [0.15, 0.2) is 0 Å². The summed E-state index contributed by atoms with van der Waals surface area (Å²) in [7, 11) is 0. The molecule has 0 radical (unpaired) electrons. The molecule has 0 spiro atoms. The van der Waals surface area contributed by atoms with Crippen molar-refractivity contribution in [3.8, 4) is 22.6 Å². The van der Waals surface area contributed by atoms with E-state index in [9.17, 15) is 9.59 Å². The van der Waals surface area contributed by atoms with Gasteiger partial charge in [0.25, 0.3) is 0 Å². The maximum Gasteiger partial charge on any atom is 0.338 e. The van der Waals surface area contributed by atoms with Crippen molar-refractivity contribution in [2.75, 3.05) is 0 Å². The van der Waals surface area contributed by atoms with E-state index in [2.05, 4.69) is 17.9 Å². The van der Waals surface area contributed by atoms with Gasteiger partial charge in [-0.05, 0) is 54.8 Å². The Balaban J connectivity index is 1.96. The van der Waals surface area contributed by atoms with Gasteiger partial charge in [-0.1, -0.05) is 31.4 Å². The third-order valence-electron chi connectivity index (χ3n) is 3.75. The summed E-state index contributed by atoms with van der Waals surface area (Å²) in [6, 6.07) is 13.1. The van der Waals surface area contributed by atoms with Gasteiger partial charge in [-0.3, -0.25) is 0 Å². The Kier molecular flexibility index (Phi) is 8.20. The molecule has 0 atom stereocenters.